The number of hydrogen-bond acceptors (Lipinski definition) is 2. The van der Waals surface area contributed by atoms with E-state index in [0.29, 0.717) is 19.1 Å². The van der Waals surface area contributed by atoms with Gasteiger partial charge in [0.15, 0.2) is 11.5 Å². The van der Waals surface area contributed by atoms with Gasteiger partial charge in [-0.2, -0.15) is 8.78 Å². The van der Waals surface area contributed by atoms with Gasteiger partial charge in [0.25, 0.3) is 0 Å². The minimum absolute atomic E-state index is 0.00875. The molecular weight excluding hydrogens is 502 g/mol. The van der Waals surface area contributed by atoms with Gasteiger partial charge in [-0.1, -0.05) is 25.0 Å². The third-order valence-electron chi connectivity index (χ3n) is 11.6. The average molecular weight is 557 g/mol. The van der Waals surface area contributed by atoms with E-state index in [1.807, 2.05) is 0 Å². The van der Waals surface area contributed by atoms with Crippen molar-refractivity contribution in [2.24, 2.45) is 47.3 Å². The molecule has 0 spiro atoms. The number of allylic oxidation sites excluding steroid dienone is 2. The molecule has 0 aromatic heterocycles. The van der Waals surface area contributed by atoms with Crippen LogP contribution < -0.4 is 9.47 Å². The molecule has 40 heavy (non-hydrogen) atoms. The lowest BCUT2D eigenvalue weighted by molar-refractivity contribution is 0.0352. The Morgan fingerprint density at radius 2 is 1.10 bits per heavy atom. The molecule has 0 radical (unpaired) electrons. The quantitative estimate of drug-likeness (QED) is 0.267. The van der Waals surface area contributed by atoms with Gasteiger partial charge in [0, 0.05) is 0 Å². The Morgan fingerprint density at radius 3 is 1.60 bits per heavy atom. The first-order chi connectivity index (χ1) is 19.6. The smallest absolute Gasteiger partial charge is 0.204 e. The van der Waals surface area contributed by atoms with Crippen LogP contribution in [0.1, 0.15) is 117 Å². The largest absolute Gasteiger partial charge is 0.491 e. The first-order valence-corrected chi connectivity index (χ1v) is 16.9. The van der Waals surface area contributed by atoms with E-state index in [4.69, 9.17) is 9.47 Å². The Morgan fingerprint density at radius 1 is 0.650 bits per heavy atom. The zero-order valence-electron chi connectivity index (χ0n) is 25.2. The Balaban J connectivity index is 1.01. The van der Waals surface area contributed by atoms with Crippen LogP contribution in [-0.4, -0.2) is 13.2 Å². The summed E-state index contributed by atoms with van der Waals surface area (Å²) in [4.78, 5) is 0. The number of halogens is 2. The van der Waals surface area contributed by atoms with Crippen molar-refractivity contribution in [1.29, 1.82) is 0 Å². The zero-order valence-corrected chi connectivity index (χ0v) is 25.2. The molecule has 224 valence electrons. The zero-order chi connectivity index (χ0) is 27.9. The van der Waals surface area contributed by atoms with Crippen molar-refractivity contribution in [2.45, 2.75) is 117 Å². The van der Waals surface area contributed by atoms with Crippen LogP contribution in [0, 0.1) is 59.0 Å². The summed E-state index contributed by atoms with van der Waals surface area (Å²) < 4.78 is 39.5. The molecular formula is C36H54F2O2. The van der Waals surface area contributed by atoms with Crippen LogP contribution in [0.3, 0.4) is 0 Å². The van der Waals surface area contributed by atoms with Gasteiger partial charge < -0.3 is 9.47 Å². The van der Waals surface area contributed by atoms with E-state index in [1.54, 1.807) is 6.92 Å². The fourth-order valence-electron chi connectivity index (χ4n) is 9.19. The van der Waals surface area contributed by atoms with Crippen LogP contribution in [-0.2, 0) is 0 Å². The molecule has 0 saturated heterocycles. The first-order valence-electron chi connectivity index (χ1n) is 16.9. The predicted octanol–water partition coefficient (Wildman–Crippen LogP) is 10.5. The highest BCUT2D eigenvalue weighted by Gasteiger charge is 2.41. The summed E-state index contributed by atoms with van der Waals surface area (Å²) in [5.41, 5.74) is 0. The van der Waals surface area contributed by atoms with Crippen LogP contribution in [0.15, 0.2) is 24.3 Å². The third-order valence-corrected chi connectivity index (χ3v) is 11.6. The van der Waals surface area contributed by atoms with Gasteiger partial charge in [-0.15, -0.1) is 0 Å². The van der Waals surface area contributed by atoms with Gasteiger partial charge in [0.1, 0.15) is 0 Å². The number of fused-ring (bicyclic) bond motifs is 1. The fraction of sp³-hybridized carbons (Fsp3) is 0.778. The van der Waals surface area contributed by atoms with Gasteiger partial charge in [-0.25, -0.2) is 0 Å². The first kappa shape index (κ1) is 29.9. The van der Waals surface area contributed by atoms with E-state index in [1.165, 1.54) is 102 Å². The van der Waals surface area contributed by atoms with Gasteiger partial charge >= 0.3 is 0 Å². The van der Waals surface area contributed by atoms with Crippen LogP contribution in [0.2, 0.25) is 0 Å². The second kappa shape index (κ2) is 14.5. The molecule has 0 heterocycles. The summed E-state index contributed by atoms with van der Waals surface area (Å²) in [6.07, 6.45) is 26.9. The lowest BCUT2D eigenvalue weighted by Crippen LogP contribution is -2.37. The molecule has 0 amide bonds. The maximum absolute atomic E-state index is 14.4. The lowest BCUT2D eigenvalue weighted by Gasteiger charge is -2.47. The molecule has 0 N–H and O–H groups in total. The van der Waals surface area contributed by atoms with E-state index < -0.39 is 11.6 Å². The van der Waals surface area contributed by atoms with E-state index in [9.17, 15) is 8.78 Å². The third kappa shape index (κ3) is 7.43. The van der Waals surface area contributed by atoms with Crippen molar-refractivity contribution in [3.63, 3.8) is 0 Å². The molecule has 0 bridgehead atoms. The Bertz CT molecular complexity index is 944. The van der Waals surface area contributed by atoms with E-state index >= 15 is 0 Å². The Hall–Kier alpha value is -1.58. The monoisotopic (exact) mass is 556 g/mol. The summed E-state index contributed by atoms with van der Waals surface area (Å²) in [5, 5.41) is 0. The summed E-state index contributed by atoms with van der Waals surface area (Å²) >= 11 is 0. The van der Waals surface area contributed by atoms with Crippen molar-refractivity contribution >= 4 is 0 Å². The SMILES string of the molecule is C/C=C/CCC1CCC(C2CCC3CC(C4CCC(COc5ccc(OCC)c(F)c5F)CC4)CCC3C2)CC1. The highest BCUT2D eigenvalue weighted by Crippen LogP contribution is 2.52. The molecule has 0 aliphatic heterocycles. The number of hydrogen-bond donors (Lipinski definition) is 0. The molecule has 4 aliphatic rings. The van der Waals surface area contributed by atoms with Gasteiger partial charge in [-0.05, 0) is 163 Å². The summed E-state index contributed by atoms with van der Waals surface area (Å²) in [6.45, 7) is 4.68. The second-order valence-electron chi connectivity index (χ2n) is 13.8. The number of rotatable bonds is 10. The maximum Gasteiger partial charge on any atom is 0.204 e. The fourth-order valence-corrected chi connectivity index (χ4v) is 9.19. The molecule has 4 atom stereocenters. The Kier molecular flexibility index (Phi) is 10.9. The van der Waals surface area contributed by atoms with Gasteiger partial charge in [-0.3, -0.25) is 0 Å². The van der Waals surface area contributed by atoms with Crippen LogP contribution in [0.25, 0.3) is 0 Å². The highest BCUT2D eigenvalue weighted by molar-refractivity contribution is 5.35. The average Bonchev–Trinajstić information content (AvgIpc) is 2.99. The van der Waals surface area contributed by atoms with Gasteiger partial charge in [0.05, 0.1) is 13.2 Å². The molecule has 4 heteroatoms. The second-order valence-corrected chi connectivity index (χ2v) is 13.8. The lowest BCUT2D eigenvalue weighted by atomic mass is 9.58. The molecule has 4 unspecified atom stereocenters. The van der Waals surface area contributed by atoms with Crippen LogP contribution in [0.5, 0.6) is 11.5 Å². The molecule has 4 saturated carbocycles. The maximum atomic E-state index is 14.4. The normalized spacial score (nSPS) is 34.9. The van der Waals surface area contributed by atoms with Crippen molar-refractivity contribution < 1.29 is 18.3 Å². The van der Waals surface area contributed by atoms with Gasteiger partial charge in [0.2, 0.25) is 11.6 Å². The Labute approximate surface area is 242 Å². The van der Waals surface area contributed by atoms with Crippen molar-refractivity contribution in [3.05, 3.63) is 35.9 Å². The summed E-state index contributed by atoms with van der Waals surface area (Å²) in [7, 11) is 0. The van der Waals surface area contributed by atoms with Crippen molar-refractivity contribution in [3.8, 4) is 11.5 Å². The highest BCUT2D eigenvalue weighted by atomic mass is 19.2. The molecule has 4 aliphatic carbocycles. The summed E-state index contributed by atoms with van der Waals surface area (Å²) in [5.74, 6) is 5.27. The molecule has 1 aromatic carbocycles. The topological polar surface area (TPSA) is 18.5 Å². The molecule has 5 rings (SSSR count). The predicted molar refractivity (Wildman–Crippen MR) is 160 cm³/mol. The minimum atomic E-state index is -0.948. The number of benzene rings is 1. The minimum Gasteiger partial charge on any atom is -0.491 e. The van der Waals surface area contributed by atoms with Crippen molar-refractivity contribution in [1.82, 2.24) is 0 Å². The molecule has 1 aromatic rings. The van der Waals surface area contributed by atoms with Crippen LogP contribution >= 0.6 is 0 Å². The van der Waals surface area contributed by atoms with E-state index in [-0.39, 0.29) is 11.5 Å². The van der Waals surface area contributed by atoms with E-state index in [2.05, 4.69) is 19.1 Å². The molecule has 2 nitrogen and oxygen atoms in total. The molecule has 4 fully saturated rings. The van der Waals surface area contributed by atoms with Crippen molar-refractivity contribution in [2.75, 3.05) is 13.2 Å². The van der Waals surface area contributed by atoms with Crippen LogP contribution in [0.4, 0.5) is 8.78 Å². The number of ether oxygens (including phenoxy) is 2. The van der Waals surface area contributed by atoms with E-state index in [0.717, 1.165) is 54.3 Å². The standard InChI is InChI=1S/C36H54F2O2/c1-3-5-6-7-25-8-12-27(13-9-25)29-16-18-32-23-30(17-19-31(32)22-29)28-14-10-26(11-15-28)24-40-34-21-20-33(39-4-2)35(37)36(34)38/h3,5,20-21,25-32H,4,6-19,22-24H2,1-2H3/b5-3+. The summed E-state index contributed by atoms with van der Waals surface area (Å²) in [6, 6.07) is 2.97.